The molecule has 16 heavy (non-hydrogen) atoms. The normalized spacial score (nSPS) is 12.5. The van der Waals surface area contributed by atoms with E-state index in [1.165, 1.54) is 18.2 Å². The van der Waals surface area contributed by atoms with E-state index in [0.717, 1.165) is 6.07 Å². The molecule has 1 rings (SSSR count). The Hall–Kier alpha value is -0.950. The van der Waals surface area contributed by atoms with Crippen molar-refractivity contribution in [2.45, 2.75) is 12.1 Å². The first-order valence-corrected chi connectivity index (χ1v) is 6.41. The minimum Gasteiger partial charge on any atom is -0.405 e. The van der Waals surface area contributed by atoms with Crippen molar-refractivity contribution in [3.05, 3.63) is 29.8 Å². The van der Waals surface area contributed by atoms with Crippen LogP contribution in [0.3, 0.4) is 0 Å². The summed E-state index contributed by atoms with van der Waals surface area (Å²) in [6.45, 7) is 0. The molecule has 0 saturated heterocycles. The van der Waals surface area contributed by atoms with E-state index in [1.54, 1.807) is 0 Å². The Kier molecular flexibility index (Phi) is 3.69. The molecule has 1 aromatic carbocycles. The van der Waals surface area contributed by atoms with Crippen LogP contribution in [-0.4, -0.2) is 14.8 Å². The van der Waals surface area contributed by atoms with Crippen LogP contribution in [0, 0.1) is 0 Å². The predicted molar refractivity (Wildman–Crippen MR) is 51.6 cm³/mol. The highest BCUT2D eigenvalue weighted by atomic mass is 35.7. The van der Waals surface area contributed by atoms with Crippen molar-refractivity contribution in [1.29, 1.82) is 0 Å². The second kappa shape index (κ2) is 4.50. The molecule has 0 amide bonds. The van der Waals surface area contributed by atoms with Crippen LogP contribution in [0.15, 0.2) is 24.3 Å². The smallest absolute Gasteiger partial charge is 0.405 e. The van der Waals surface area contributed by atoms with Gasteiger partial charge in [0.2, 0.25) is 9.05 Å². The summed E-state index contributed by atoms with van der Waals surface area (Å²) in [5.41, 5.74) is -0.144. The molecule has 0 N–H and O–H groups in total. The van der Waals surface area contributed by atoms with E-state index in [2.05, 4.69) is 4.74 Å². The summed E-state index contributed by atoms with van der Waals surface area (Å²) in [5.74, 6) is -1.29. The van der Waals surface area contributed by atoms with Gasteiger partial charge in [0, 0.05) is 16.2 Å². The summed E-state index contributed by atoms with van der Waals surface area (Å²) in [5, 5.41) is 0. The number of hydrogen-bond acceptors (Lipinski definition) is 3. The Morgan fingerprint density at radius 2 is 1.81 bits per heavy atom. The fraction of sp³-hybridized carbons (Fsp3) is 0.250. The van der Waals surface area contributed by atoms with E-state index < -0.39 is 26.9 Å². The van der Waals surface area contributed by atoms with Crippen LogP contribution < -0.4 is 4.74 Å². The fourth-order valence-corrected chi connectivity index (χ4v) is 2.00. The van der Waals surface area contributed by atoms with Crippen molar-refractivity contribution < 1.29 is 26.3 Å². The predicted octanol–water partition coefficient (Wildman–Crippen LogP) is 2.65. The van der Waals surface area contributed by atoms with E-state index >= 15 is 0 Å². The molecule has 0 unspecified atom stereocenters. The first kappa shape index (κ1) is 13.1. The van der Waals surface area contributed by atoms with Gasteiger partial charge in [0.1, 0.15) is 5.75 Å². The highest BCUT2D eigenvalue weighted by molar-refractivity contribution is 8.13. The Balaban J connectivity index is 3.01. The van der Waals surface area contributed by atoms with Crippen molar-refractivity contribution in [3.8, 4) is 5.75 Å². The van der Waals surface area contributed by atoms with Crippen LogP contribution in [0.1, 0.15) is 5.56 Å². The summed E-state index contributed by atoms with van der Waals surface area (Å²) < 4.78 is 61.0. The van der Waals surface area contributed by atoms with Gasteiger partial charge >= 0.3 is 6.36 Å². The maximum atomic E-state index is 11.9. The Bertz CT molecular complexity index is 470. The monoisotopic (exact) mass is 274 g/mol. The quantitative estimate of drug-likeness (QED) is 0.796. The average molecular weight is 275 g/mol. The maximum Gasteiger partial charge on any atom is 0.573 e. The number of rotatable bonds is 3. The van der Waals surface area contributed by atoms with Crippen LogP contribution in [0.2, 0.25) is 0 Å². The molecule has 0 heterocycles. The van der Waals surface area contributed by atoms with Crippen LogP contribution in [0.5, 0.6) is 5.75 Å². The van der Waals surface area contributed by atoms with Gasteiger partial charge in [-0.15, -0.1) is 13.2 Å². The van der Waals surface area contributed by atoms with Crippen LogP contribution in [-0.2, 0) is 14.8 Å². The standard InChI is InChI=1S/C8H6ClF3O3S/c9-16(13,14)5-6-3-1-2-4-7(6)15-8(10,11)12/h1-4H,5H2. The lowest BCUT2D eigenvalue weighted by Crippen LogP contribution is -2.18. The summed E-state index contributed by atoms with van der Waals surface area (Å²) in [7, 11) is 1.02. The summed E-state index contributed by atoms with van der Waals surface area (Å²) >= 11 is 0. The number of benzene rings is 1. The third kappa shape index (κ3) is 4.71. The van der Waals surface area contributed by atoms with Gasteiger partial charge in [-0.2, -0.15) is 0 Å². The molecule has 0 saturated carbocycles. The number of para-hydroxylation sites is 1. The van der Waals surface area contributed by atoms with E-state index in [9.17, 15) is 21.6 Å². The van der Waals surface area contributed by atoms with Gasteiger partial charge in [-0.05, 0) is 6.07 Å². The molecule has 0 fully saturated rings. The van der Waals surface area contributed by atoms with Gasteiger partial charge in [0.05, 0.1) is 5.75 Å². The Morgan fingerprint density at radius 3 is 2.31 bits per heavy atom. The lowest BCUT2D eigenvalue weighted by atomic mass is 10.2. The molecule has 8 heteroatoms. The van der Waals surface area contributed by atoms with Crippen molar-refractivity contribution in [1.82, 2.24) is 0 Å². The third-order valence-corrected chi connectivity index (χ3v) is 2.51. The first-order valence-electron chi connectivity index (χ1n) is 3.93. The molecular weight excluding hydrogens is 269 g/mol. The zero-order chi connectivity index (χ0) is 12.4. The summed E-state index contributed by atoms with van der Waals surface area (Å²) in [6.07, 6.45) is -4.87. The topological polar surface area (TPSA) is 43.4 Å². The molecule has 0 aromatic heterocycles. The minimum atomic E-state index is -4.87. The van der Waals surface area contributed by atoms with Crippen molar-refractivity contribution >= 4 is 19.7 Å². The van der Waals surface area contributed by atoms with E-state index in [-0.39, 0.29) is 5.56 Å². The molecule has 0 bridgehead atoms. The third-order valence-electron chi connectivity index (χ3n) is 1.53. The highest BCUT2D eigenvalue weighted by Crippen LogP contribution is 2.27. The van der Waals surface area contributed by atoms with Crippen LogP contribution in [0.4, 0.5) is 13.2 Å². The molecule has 0 aliphatic carbocycles. The Morgan fingerprint density at radius 1 is 1.25 bits per heavy atom. The van der Waals surface area contributed by atoms with Crippen molar-refractivity contribution in [2.75, 3.05) is 0 Å². The molecule has 3 nitrogen and oxygen atoms in total. The largest absolute Gasteiger partial charge is 0.573 e. The molecule has 0 aliphatic heterocycles. The second-order valence-electron chi connectivity index (χ2n) is 2.84. The fourth-order valence-electron chi connectivity index (χ4n) is 1.03. The van der Waals surface area contributed by atoms with Gasteiger partial charge in [-0.25, -0.2) is 8.42 Å². The van der Waals surface area contributed by atoms with Gasteiger partial charge in [0.15, 0.2) is 0 Å². The van der Waals surface area contributed by atoms with Gasteiger partial charge in [-0.3, -0.25) is 0 Å². The molecule has 1 aromatic rings. The van der Waals surface area contributed by atoms with Gasteiger partial charge in [0.25, 0.3) is 0 Å². The zero-order valence-corrected chi connectivity index (χ0v) is 9.23. The molecular formula is C8H6ClF3O3S. The molecule has 0 radical (unpaired) electrons. The number of hydrogen-bond donors (Lipinski definition) is 0. The van der Waals surface area contributed by atoms with Gasteiger partial charge in [-0.1, -0.05) is 18.2 Å². The number of halogens is 4. The number of ether oxygens (including phenoxy) is 1. The second-order valence-corrected chi connectivity index (χ2v) is 5.62. The highest BCUT2D eigenvalue weighted by Gasteiger charge is 2.32. The summed E-state index contributed by atoms with van der Waals surface area (Å²) in [6, 6.07) is 4.90. The van der Waals surface area contributed by atoms with E-state index in [1.807, 2.05) is 0 Å². The van der Waals surface area contributed by atoms with Gasteiger partial charge < -0.3 is 4.74 Å². The number of alkyl halides is 3. The molecule has 0 aliphatic rings. The lowest BCUT2D eigenvalue weighted by Gasteiger charge is -2.11. The maximum absolute atomic E-state index is 11.9. The SMILES string of the molecule is O=S(=O)(Cl)Cc1ccccc1OC(F)(F)F. The minimum absolute atomic E-state index is 0.144. The average Bonchev–Trinajstić information content (AvgIpc) is 2.03. The lowest BCUT2D eigenvalue weighted by molar-refractivity contribution is -0.274. The van der Waals surface area contributed by atoms with Crippen LogP contribution >= 0.6 is 10.7 Å². The zero-order valence-electron chi connectivity index (χ0n) is 7.66. The van der Waals surface area contributed by atoms with E-state index in [0.29, 0.717) is 0 Å². The molecule has 0 atom stereocenters. The first-order chi connectivity index (χ1) is 7.17. The van der Waals surface area contributed by atoms with Crippen molar-refractivity contribution in [3.63, 3.8) is 0 Å². The van der Waals surface area contributed by atoms with E-state index in [4.69, 9.17) is 10.7 Å². The summed E-state index contributed by atoms with van der Waals surface area (Å²) in [4.78, 5) is 0. The molecule has 90 valence electrons. The molecule has 0 spiro atoms. The van der Waals surface area contributed by atoms with Crippen LogP contribution in [0.25, 0.3) is 0 Å². The van der Waals surface area contributed by atoms with Crippen molar-refractivity contribution in [2.24, 2.45) is 0 Å². The Labute approximate surface area is 94.2 Å².